The van der Waals surface area contributed by atoms with Crippen LogP contribution in [0.4, 0.5) is 5.69 Å². The van der Waals surface area contributed by atoms with Gasteiger partial charge in [-0.05, 0) is 37.2 Å². The minimum absolute atomic E-state index is 0.00956. The molecule has 1 aromatic carbocycles. The SMILES string of the molecule is CN(CCC(=O)Nc1cccc(Cl)c1)CC(C)(C)CN. The van der Waals surface area contributed by atoms with Crippen molar-refractivity contribution in [2.75, 3.05) is 32.0 Å². The van der Waals surface area contributed by atoms with E-state index in [2.05, 4.69) is 24.1 Å². The summed E-state index contributed by atoms with van der Waals surface area (Å²) in [6.45, 7) is 6.45. The number of carbonyl (C=O) groups excluding carboxylic acids is 1. The first-order chi connectivity index (χ1) is 9.32. The molecule has 0 heterocycles. The first-order valence-electron chi connectivity index (χ1n) is 6.76. The van der Waals surface area contributed by atoms with Crippen LogP contribution in [-0.4, -0.2) is 37.5 Å². The van der Waals surface area contributed by atoms with Crippen molar-refractivity contribution in [3.05, 3.63) is 29.3 Å². The summed E-state index contributed by atoms with van der Waals surface area (Å²) in [6.07, 6.45) is 0.448. The fraction of sp³-hybridized carbons (Fsp3) is 0.533. The molecule has 0 atom stereocenters. The molecule has 0 aliphatic carbocycles. The van der Waals surface area contributed by atoms with E-state index in [0.29, 0.717) is 24.5 Å². The van der Waals surface area contributed by atoms with Crippen LogP contribution in [0.1, 0.15) is 20.3 Å². The molecule has 0 aromatic heterocycles. The van der Waals surface area contributed by atoms with Crippen LogP contribution >= 0.6 is 11.6 Å². The highest BCUT2D eigenvalue weighted by Gasteiger charge is 2.18. The minimum atomic E-state index is -0.00956. The Labute approximate surface area is 126 Å². The summed E-state index contributed by atoms with van der Waals surface area (Å²) in [5.41, 5.74) is 6.51. The average Bonchev–Trinajstić information content (AvgIpc) is 2.36. The quantitative estimate of drug-likeness (QED) is 0.813. The molecule has 0 unspecified atom stereocenters. The maximum Gasteiger partial charge on any atom is 0.225 e. The minimum Gasteiger partial charge on any atom is -0.330 e. The Morgan fingerprint density at radius 1 is 1.45 bits per heavy atom. The van der Waals surface area contributed by atoms with Crippen molar-refractivity contribution in [3.8, 4) is 0 Å². The van der Waals surface area contributed by atoms with Crippen LogP contribution in [0.25, 0.3) is 0 Å². The van der Waals surface area contributed by atoms with Crippen LogP contribution in [-0.2, 0) is 4.79 Å². The van der Waals surface area contributed by atoms with Crippen molar-refractivity contribution >= 4 is 23.2 Å². The van der Waals surface area contributed by atoms with E-state index in [0.717, 1.165) is 12.2 Å². The molecular weight excluding hydrogens is 274 g/mol. The Morgan fingerprint density at radius 2 is 2.15 bits per heavy atom. The average molecular weight is 298 g/mol. The van der Waals surface area contributed by atoms with Gasteiger partial charge in [0.15, 0.2) is 0 Å². The predicted molar refractivity (Wildman–Crippen MR) is 85.0 cm³/mol. The van der Waals surface area contributed by atoms with Crippen molar-refractivity contribution in [1.29, 1.82) is 0 Å². The Balaban J connectivity index is 2.36. The number of amides is 1. The van der Waals surface area contributed by atoms with Gasteiger partial charge in [0.2, 0.25) is 5.91 Å². The Kier molecular flexibility index (Phi) is 6.46. The molecule has 0 saturated heterocycles. The standard InChI is InChI=1S/C15H24ClN3O/c1-15(2,10-17)11-19(3)8-7-14(20)18-13-6-4-5-12(16)9-13/h4-6,9H,7-8,10-11,17H2,1-3H3,(H,18,20). The number of carbonyl (C=O) groups is 1. The Morgan fingerprint density at radius 3 is 2.75 bits per heavy atom. The second kappa shape index (κ2) is 7.62. The maximum absolute atomic E-state index is 11.9. The van der Waals surface area contributed by atoms with E-state index in [-0.39, 0.29) is 11.3 Å². The molecule has 1 rings (SSSR count). The fourth-order valence-electron chi connectivity index (χ4n) is 1.96. The second-order valence-electron chi connectivity index (χ2n) is 5.91. The van der Waals surface area contributed by atoms with Gasteiger partial charge < -0.3 is 16.0 Å². The number of nitrogens with zero attached hydrogens (tertiary/aromatic N) is 1. The molecular formula is C15H24ClN3O. The first kappa shape index (κ1) is 17.0. The van der Waals surface area contributed by atoms with Crippen LogP contribution in [0.5, 0.6) is 0 Å². The molecule has 1 amide bonds. The highest BCUT2D eigenvalue weighted by atomic mass is 35.5. The normalized spacial score (nSPS) is 11.7. The number of nitrogens with one attached hydrogen (secondary N) is 1. The van der Waals surface area contributed by atoms with Gasteiger partial charge >= 0.3 is 0 Å². The molecule has 5 heteroatoms. The fourth-order valence-corrected chi connectivity index (χ4v) is 2.15. The van der Waals surface area contributed by atoms with Gasteiger partial charge in [-0.3, -0.25) is 4.79 Å². The summed E-state index contributed by atoms with van der Waals surface area (Å²) in [5, 5.41) is 3.46. The molecule has 4 nitrogen and oxygen atoms in total. The van der Waals surface area contributed by atoms with Crippen molar-refractivity contribution in [2.24, 2.45) is 11.1 Å². The number of hydrogen-bond donors (Lipinski definition) is 2. The number of halogens is 1. The van der Waals surface area contributed by atoms with Crippen LogP contribution in [0.3, 0.4) is 0 Å². The van der Waals surface area contributed by atoms with Gasteiger partial charge in [0.25, 0.3) is 0 Å². The van der Waals surface area contributed by atoms with Gasteiger partial charge in [-0.1, -0.05) is 31.5 Å². The molecule has 0 bridgehead atoms. The first-order valence-corrected chi connectivity index (χ1v) is 7.14. The Hall–Kier alpha value is -1.10. The third-order valence-electron chi connectivity index (χ3n) is 3.08. The van der Waals surface area contributed by atoms with E-state index in [4.69, 9.17) is 17.3 Å². The van der Waals surface area contributed by atoms with Crippen molar-refractivity contribution < 1.29 is 4.79 Å². The molecule has 20 heavy (non-hydrogen) atoms. The molecule has 0 aliphatic heterocycles. The van der Waals surface area contributed by atoms with Gasteiger partial charge in [-0.2, -0.15) is 0 Å². The summed E-state index contributed by atoms with van der Waals surface area (Å²) in [4.78, 5) is 14.0. The molecule has 1 aromatic rings. The van der Waals surface area contributed by atoms with Crippen molar-refractivity contribution in [1.82, 2.24) is 4.90 Å². The number of hydrogen-bond acceptors (Lipinski definition) is 3. The highest BCUT2D eigenvalue weighted by Crippen LogP contribution is 2.16. The molecule has 3 N–H and O–H groups in total. The predicted octanol–water partition coefficient (Wildman–Crippen LogP) is 2.59. The van der Waals surface area contributed by atoms with Crippen LogP contribution in [0.15, 0.2) is 24.3 Å². The lowest BCUT2D eigenvalue weighted by atomic mass is 9.93. The highest BCUT2D eigenvalue weighted by molar-refractivity contribution is 6.30. The van der Waals surface area contributed by atoms with Crippen LogP contribution in [0.2, 0.25) is 5.02 Å². The maximum atomic E-state index is 11.9. The third kappa shape index (κ3) is 6.37. The number of anilines is 1. The van der Waals surface area contributed by atoms with Gasteiger partial charge in [0.05, 0.1) is 0 Å². The topological polar surface area (TPSA) is 58.4 Å². The second-order valence-corrected chi connectivity index (χ2v) is 6.35. The lowest BCUT2D eigenvalue weighted by molar-refractivity contribution is -0.116. The molecule has 0 saturated carbocycles. The molecule has 0 radical (unpaired) electrons. The number of rotatable bonds is 7. The number of nitrogens with two attached hydrogens (primary N) is 1. The Bertz CT molecular complexity index is 448. The third-order valence-corrected chi connectivity index (χ3v) is 3.31. The molecule has 112 valence electrons. The van der Waals surface area contributed by atoms with Gasteiger partial charge in [0.1, 0.15) is 0 Å². The molecule has 0 aliphatic rings. The monoisotopic (exact) mass is 297 g/mol. The lowest BCUT2D eigenvalue weighted by Gasteiger charge is -2.28. The van der Waals surface area contributed by atoms with Gasteiger partial charge in [0, 0.05) is 30.2 Å². The molecule has 0 spiro atoms. The molecule has 0 fully saturated rings. The van der Waals surface area contributed by atoms with Crippen molar-refractivity contribution in [3.63, 3.8) is 0 Å². The van der Waals surface area contributed by atoms with E-state index in [1.54, 1.807) is 12.1 Å². The summed E-state index contributed by atoms with van der Waals surface area (Å²) < 4.78 is 0. The van der Waals surface area contributed by atoms with Gasteiger partial charge in [-0.25, -0.2) is 0 Å². The van der Waals surface area contributed by atoms with Gasteiger partial charge in [-0.15, -0.1) is 0 Å². The van der Waals surface area contributed by atoms with E-state index in [9.17, 15) is 4.79 Å². The zero-order chi connectivity index (χ0) is 15.2. The smallest absolute Gasteiger partial charge is 0.225 e. The van der Waals surface area contributed by atoms with E-state index in [1.165, 1.54) is 0 Å². The van der Waals surface area contributed by atoms with Crippen molar-refractivity contribution in [2.45, 2.75) is 20.3 Å². The lowest BCUT2D eigenvalue weighted by Crippen LogP contribution is -2.37. The van der Waals surface area contributed by atoms with Crippen LogP contribution in [0, 0.1) is 5.41 Å². The summed E-state index contributed by atoms with van der Waals surface area (Å²) in [5.74, 6) is -0.00956. The summed E-state index contributed by atoms with van der Waals surface area (Å²) in [6, 6.07) is 7.15. The van der Waals surface area contributed by atoms with E-state index >= 15 is 0 Å². The van der Waals surface area contributed by atoms with Crippen LogP contribution < -0.4 is 11.1 Å². The van der Waals surface area contributed by atoms with E-state index in [1.807, 2.05) is 19.2 Å². The zero-order valence-corrected chi connectivity index (χ0v) is 13.2. The zero-order valence-electron chi connectivity index (χ0n) is 12.4. The largest absolute Gasteiger partial charge is 0.330 e. The van der Waals surface area contributed by atoms with E-state index < -0.39 is 0 Å². The summed E-state index contributed by atoms with van der Waals surface area (Å²) in [7, 11) is 2.00. The number of benzene rings is 1. The summed E-state index contributed by atoms with van der Waals surface area (Å²) >= 11 is 5.87.